The van der Waals surface area contributed by atoms with Crippen molar-refractivity contribution in [2.45, 2.75) is 12.1 Å². The van der Waals surface area contributed by atoms with Gasteiger partial charge in [-0.25, -0.2) is 4.68 Å². The van der Waals surface area contributed by atoms with E-state index in [1.165, 1.54) is 16.4 Å². The van der Waals surface area contributed by atoms with Crippen molar-refractivity contribution in [3.63, 3.8) is 0 Å². The first kappa shape index (κ1) is 18.8. The molecule has 26 heavy (non-hydrogen) atoms. The largest absolute Gasteiger partial charge is 0.335 e. The van der Waals surface area contributed by atoms with Gasteiger partial charge in [0, 0.05) is 15.7 Å². The van der Waals surface area contributed by atoms with Crippen LogP contribution in [0.5, 0.6) is 0 Å². The van der Waals surface area contributed by atoms with Gasteiger partial charge in [0.1, 0.15) is 0 Å². The Morgan fingerprint density at radius 3 is 2.81 bits per heavy atom. The number of nitrogens with one attached hydrogen (secondary N) is 1. The van der Waals surface area contributed by atoms with E-state index < -0.39 is 0 Å². The molecule has 1 amide bonds. The third-order valence-corrected chi connectivity index (χ3v) is 5.72. The van der Waals surface area contributed by atoms with Crippen molar-refractivity contribution < 1.29 is 4.79 Å². The van der Waals surface area contributed by atoms with E-state index in [2.05, 4.69) is 31.4 Å². The predicted molar refractivity (Wildman–Crippen MR) is 109 cm³/mol. The smallest absolute Gasteiger partial charge is 0.234 e. The summed E-state index contributed by atoms with van der Waals surface area (Å²) in [5, 5.41) is 11.9. The third kappa shape index (κ3) is 4.20. The molecule has 1 aromatic heterocycles. The standard InChI is InChI=1S/C17H15BrClN5OS/c1-10-8-11(6-7-13(10)18)21-15(25)9-26-17-23-22-16(24(17)20)12-4-2-3-5-14(12)19/h2-8H,9,20H2,1H3,(H,21,25). The highest BCUT2D eigenvalue weighted by Gasteiger charge is 2.15. The molecule has 0 bridgehead atoms. The topological polar surface area (TPSA) is 85.8 Å². The molecule has 9 heteroatoms. The minimum absolute atomic E-state index is 0.154. The van der Waals surface area contributed by atoms with E-state index in [9.17, 15) is 4.79 Å². The summed E-state index contributed by atoms with van der Waals surface area (Å²) < 4.78 is 2.33. The van der Waals surface area contributed by atoms with Crippen molar-refractivity contribution in [2.24, 2.45) is 0 Å². The second-order valence-electron chi connectivity index (χ2n) is 5.46. The number of anilines is 1. The van der Waals surface area contributed by atoms with Gasteiger partial charge in [0.15, 0.2) is 5.82 Å². The van der Waals surface area contributed by atoms with Gasteiger partial charge in [-0.2, -0.15) is 0 Å². The molecule has 1 heterocycles. The van der Waals surface area contributed by atoms with E-state index in [4.69, 9.17) is 17.4 Å². The van der Waals surface area contributed by atoms with Crippen molar-refractivity contribution in [3.8, 4) is 11.4 Å². The number of benzene rings is 2. The van der Waals surface area contributed by atoms with Gasteiger partial charge in [-0.1, -0.05) is 51.4 Å². The highest BCUT2D eigenvalue weighted by atomic mass is 79.9. The molecule has 0 unspecified atom stereocenters. The molecule has 3 rings (SSSR count). The maximum atomic E-state index is 12.2. The molecular weight excluding hydrogens is 438 g/mol. The number of aromatic nitrogens is 3. The Morgan fingerprint density at radius 1 is 1.31 bits per heavy atom. The van der Waals surface area contributed by atoms with E-state index in [-0.39, 0.29) is 11.7 Å². The average Bonchev–Trinajstić information content (AvgIpc) is 2.97. The molecule has 134 valence electrons. The van der Waals surface area contributed by atoms with Crippen LogP contribution in [0.4, 0.5) is 5.69 Å². The lowest BCUT2D eigenvalue weighted by Crippen LogP contribution is -2.16. The Hall–Kier alpha value is -2.03. The maximum Gasteiger partial charge on any atom is 0.234 e. The summed E-state index contributed by atoms with van der Waals surface area (Å²) >= 11 is 10.8. The molecular formula is C17H15BrClN5OS. The predicted octanol–water partition coefficient (Wildman–Crippen LogP) is 4.11. The Balaban J connectivity index is 1.66. The number of nitrogens with zero attached hydrogens (tertiary/aromatic N) is 3. The number of hydrogen-bond acceptors (Lipinski definition) is 5. The fourth-order valence-electron chi connectivity index (χ4n) is 2.25. The first-order chi connectivity index (χ1) is 12.5. The highest BCUT2D eigenvalue weighted by Crippen LogP contribution is 2.27. The van der Waals surface area contributed by atoms with E-state index in [1.807, 2.05) is 43.3 Å². The number of carbonyl (C=O) groups is 1. The molecule has 0 saturated carbocycles. The lowest BCUT2D eigenvalue weighted by atomic mass is 10.2. The van der Waals surface area contributed by atoms with E-state index in [0.717, 1.165) is 15.7 Å². The maximum absolute atomic E-state index is 12.2. The molecule has 0 aliphatic heterocycles. The molecule has 0 fully saturated rings. The number of rotatable bonds is 5. The average molecular weight is 453 g/mol. The fourth-order valence-corrected chi connectivity index (χ4v) is 3.37. The quantitative estimate of drug-likeness (QED) is 0.449. The Kier molecular flexibility index (Phi) is 5.85. The molecule has 0 spiro atoms. The number of nitrogen functional groups attached to an aromatic ring is 1. The van der Waals surface area contributed by atoms with Crippen molar-refractivity contribution >= 4 is 50.9 Å². The van der Waals surface area contributed by atoms with Crippen molar-refractivity contribution in [1.29, 1.82) is 0 Å². The molecule has 0 radical (unpaired) electrons. The second kappa shape index (κ2) is 8.11. The molecule has 0 saturated heterocycles. The zero-order chi connectivity index (χ0) is 18.7. The molecule has 0 aliphatic carbocycles. The van der Waals surface area contributed by atoms with Gasteiger partial charge in [-0.3, -0.25) is 4.79 Å². The number of thioether (sulfide) groups is 1. The van der Waals surface area contributed by atoms with Gasteiger partial charge in [0.25, 0.3) is 0 Å². The lowest BCUT2D eigenvalue weighted by molar-refractivity contribution is -0.113. The van der Waals surface area contributed by atoms with Crippen LogP contribution in [0.25, 0.3) is 11.4 Å². The Morgan fingerprint density at radius 2 is 2.08 bits per heavy atom. The number of halogens is 2. The van der Waals surface area contributed by atoms with Crippen molar-refractivity contribution in [3.05, 3.63) is 57.5 Å². The minimum atomic E-state index is -0.154. The first-order valence-corrected chi connectivity index (χ1v) is 9.75. The zero-order valence-electron chi connectivity index (χ0n) is 13.7. The van der Waals surface area contributed by atoms with Crippen LogP contribution in [0.1, 0.15) is 5.56 Å². The Bertz CT molecular complexity index is 962. The van der Waals surface area contributed by atoms with Crippen molar-refractivity contribution in [1.82, 2.24) is 14.9 Å². The summed E-state index contributed by atoms with van der Waals surface area (Å²) in [6.07, 6.45) is 0. The number of amides is 1. The fraction of sp³-hybridized carbons (Fsp3) is 0.118. The summed E-state index contributed by atoms with van der Waals surface area (Å²) in [6.45, 7) is 1.96. The van der Waals surface area contributed by atoms with Gasteiger partial charge >= 0.3 is 0 Å². The van der Waals surface area contributed by atoms with Gasteiger partial charge in [-0.05, 0) is 42.8 Å². The third-order valence-electron chi connectivity index (χ3n) is 3.55. The van der Waals surface area contributed by atoms with Crippen LogP contribution < -0.4 is 11.2 Å². The van der Waals surface area contributed by atoms with Crippen LogP contribution in [-0.2, 0) is 4.79 Å². The number of carbonyl (C=O) groups excluding carboxylic acids is 1. The summed E-state index contributed by atoms with van der Waals surface area (Å²) in [4.78, 5) is 12.2. The number of nitrogens with two attached hydrogens (primary N) is 1. The van der Waals surface area contributed by atoms with Crippen LogP contribution in [0, 0.1) is 6.92 Å². The first-order valence-electron chi connectivity index (χ1n) is 7.60. The van der Waals surface area contributed by atoms with Gasteiger partial charge in [0.05, 0.1) is 10.8 Å². The summed E-state index contributed by atoms with van der Waals surface area (Å²) in [5.41, 5.74) is 2.47. The van der Waals surface area contributed by atoms with Gasteiger partial charge in [0.2, 0.25) is 11.1 Å². The molecule has 0 aliphatic rings. The molecule has 3 aromatic rings. The molecule has 6 nitrogen and oxygen atoms in total. The van der Waals surface area contributed by atoms with Crippen molar-refractivity contribution in [2.75, 3.05) is 16.9 Å². The van der Waals surface area contributed by atoms with Gasteiger partial charge < -0.3 is 11.2 Å². The molecule has 3 N–H and O–H groups in total. The minimum Gasteiger partial charge on any atom is -0.335 e. The van der Waals surface area contributed by atoms with E-state index >= 15 is 0 Å². The van der Waals surface area contributed by atoms with Crippen LogP contribution in [0.3, 0.4) is 0 Å². The van der Waals surface area contributed by atoms with Crippen LogP contribution in [0.15, 0.2) is 52.1 Å². The summed E-state index contributed by atoms with van der Waals surface area (Å²) in [5.74, 6) is 6.51. The van der Waals surface area contributed by atoms with Crippen LogP contribution >= 0.6 is 39.3 Å². The monoisotopic (exact) mass is 451 g/mol. The summed E-state index contributed by atoms with van der Waals surface area (Å²) in [6, 6.07) is 12.9. The van der Waals surface area contributed by atoms with Gasteiger partial charge in [-0.15, -0.1) is 10.2 Å². The number of aryl methyl sites for hydroxylation is 1. The lowest BCUT2D eigenvalue weighted by Gasteiger charge is -2.07. The van der Waals surface area contributed by atoms with Crippen LogP contribution in [0.2, 0.25) is 5.02 Å². The highest BCUT2D eigenvalue weighted by molar-refractivity contribution is 9.10. The number of hydrogen-bond donors (Lipinski definition) is 2. The Labute approximate surface area is 168 Å². The molecule has 2 aromatic carbocycles. The van der Waals surface area contributed by atoms with E-state index in [0.29, 0.717) is 21.6 Å². The summed E-state index contributed by atoms with van der Waals surface area (Å²) in [7, 11) is 0. The van der Waals surface area contributed by atoms with Crippen LogP contribution in [-0.4, -0.2) is 26.5 Å². The van der Waals surface area contributed by atoms with E-state index in [1.54, 1.807) is 6.07 Å². The zero-order valence-corrected chi connectivity index (χ0v) is 16.9. The second-order valence-corrected chi connectivity index (χ2v) is 7.66. The normalized spacial score (nSPS) is 10.7. The molecule has 0 atom stereocenters. The SMILES string of the molecule is Cc1cc(NC(=O)CSc2nnc(-c3ccccc3Cl)n2N)ccc1Br.